The summed E-state index contributed by atoms with van der Waals surface area (Å²) in [5.74, 6) is 1.81. The highest BCUT2D eigenvalue weighted by Gasteiger charge is 2.29. The second kappa shape index (κ2) is 4.00. The molecule has 0 amide bonds. The van der Waals surface area contributed by atoms with E-state index >= 15 is 0 Å². The van der Waals surface area contributed by atoms with Crippen molar-refractivity contribution in [3.63, 3.8) is 0 Å². The van der Waals surface area contributed by atoms with Gasteiger partial charge in [-0.2, -0.15) is 5.10 Å². The quantitative estimate of drug-likeness (QED) is 0.823. The van der Waals surface area contributed by atoms with Gasteiger partial charge in [0.15, 0.2) is 0 Å². The Hall–Kier alpha value is -1.19. The van der Waals surface area contributed by atoms with Crippen LogP contribution in [0.2, 0.25) is 0 Å². The summed E-state index contributed by atoms with van der Waals surface area (Å²) in [4.78, 5) is 0. The van der Waals surface area contributed by atoms with Gasteiger partial charge in [0.1, 0.15) is 5.82 Å². The number of nitrogen functional groups attached to an aromatic ring is 1. The molecule has 0 aliphatic heterocycles. The Kier molecular flexibility index (Phi) is 2.82. The molecular weight excluding hydrogens is 200 g/mol. The molecule has 0 saturated heterocycles. The van der Waals surface area contributed by atoms with E-state index in [0.29, 0.717) is 12.1 Å². The molecule has 1 aromatic heterocycles. The van der Waals surface area contributed by atoms with Crippen LogP contribution in [0, 0.1) is 12.8 Å². The van der Waals surface area contributed by atoms with Crippen molar-refractivity contribution in [1.82, 2.24) is 9.78 Å². The molecule has 1 fully saturated rings. The Morgan fingerprint density at radius 3 is 2.50 bits per heavy atom. The van der Waals surface area contributed by atoms with Gasteiger partial charge in [-0.15, -0.1) is 0 Å². The molecule has 0 bridgehead atoms. The van der Waals surface area contributed by atoms with Crippen molar-refractivity contribution in [2.75, 3.05) is 11.1 Å². The summed E-state index contributed by atoms with van der Waals surface area (Å²) in [6.45, 7) is 8.43. The second-order valence-corrected chi connectivity index (χ2v) is 5.16. The van der Waals surface area contributed by atoms with Crippen molar-refractivity contribution in [3.05, 3.63) is 5.69 Å². The zero-order chi connectivity index (χ0) is 11.9. The summed E-state index contributed by atoms with van der Waals surface area (Å²) in [5, 5.41) is 7.99. The van der Waals surface area contributed by atoms with E-state index in [-0.39, 0.29) is 0 Å². The van der Waals surface area contributed by atoms with Gasteiger partial charge in [0.05, 0.1) is 11.4 Å². The Morgan fingerprint density at radius 1 is 1.38 bits per heavy atom. The van der Waals surface area contributed by atoms with Crippen LogP contribution >= 0.6 is 0 Å². The SMILES string of the molecule is Cc1nn(C(C)C)c(NC(C)C2CC2)c1N. The van der Waals surface area contributed by atoms with E-state index in [0.717, 1.165) is 23.1 Å². The van der Waals surface area contributed by atoms with Gasteiger partial charge < -0.3 is 11.1 Å². The maximum absolute atomic E-state index is 6.06. The number of aryl methyl sites for hydroxylation is 1. The molecule has 1 saturated carbocycles. The summed E-state index contributed by atoms with van der Waals surface area (Å²) in [7, 11) is 0. The van der Waals surface area contributed by atoms with Gasteiger partial charge >= 0.3 is 0 Å². The number of hydrogen-bond donors (Lipinski definition) is 2. The van der Waals surface area contributed by atoms with Crippen LogP contribution in [0.1, 0.15) is 45.3 Å². The summed E-state index contributed by atoms with van der Waals surface area (Å²) >= 11 is 0. The van der Waals surface area contributed by atoms with Crippen LogP contribution in [0.5, 0.6) is 0 Å². The average Bonchev–Trinajstić information content (AvgIpc) is 3.01. The maximum Gasteiger partial charge on any atom is 0.148 e. The topological polar surface area (TPSA) is 55.9 Å². The summed E-state index contributed by atoms with van der Waals surface area (Å²) in [6, 6.07) is 0.834. The summed E-state index contributed by atoms with van der Waals surface area (Å²) in [5.41, 5.74) is 7.77. The minimum atomic E-state index is 0.338. The van der Waals surface area contributed by atoms with E-state index in [1.165, 1.54) is 12.8 Å². The average molecular weight is 222 g/mol. The first-order chi connectivity index (χ1) is 7.50. The largest absolute Gasteiger partial charge is 0.394 e. The van der Waals surface area contributed by atoms with E-state index in [4.69, 9.17) is 5.73 Å². The van der Waals surface area contributed by atoms with E-state index < -0.39 is 0 Å². The molecule has 0 radical (unpaired) electrons. The molecule has 1 heterocycles. The zero-order valence-electron chi connectivity index (χ0n) is 10.6. The minimum Gasteiger partial charge on any atom is -0.394 e. The van der Waals surface area contributed by atoms with Gasteiger partial charge in [0.2, 0.25) is 0 Å². The smallest absolute Gasteiger partial charge is 0.148 e. The molecule has 4 heteroatoms. The van der Waals surface area contributed by atoms with Crippen LogP contribution in [0.15, 0.2) is 0 Å². The third kappa shape index (κ3) is 2.01. The van der Waals surface area contributed by atoms with Crippen LogP contribution in [-0.2, 0) is 0 Å². The van der Waals surface area contributed by atoms with Gasteiger partial charge in [0, 0.05) is 12.1 Å². The molecule has 16 heavy (non-hydrogen) atoms. The fourth-order valence-corrected chi connectivity index (χ4v) is 2.01. The number of rotatable bonds is 4. The Labute approximate surface area is 97.2 Å². The lowest BCUT2D eigenvalue weighted by Crippen LogP contribution is -2.21. The third-order valence-corrected chi connectivity index (χ3v) is 3.31. The predicted octanol–water partition coefficient (Wildman–Crippen LogP) is 2.57. The normalized spacial score (nSPS) is 17.8. The number of nitrogens with zero attached hydrogens (tertiary/aromatic N) is 2. The lowest BCUT2D eigenvalue weighted by atomic mass is 10.2. The Bertz CT molecular complexity index is 377. The van der Waals surface area contributed by atoms with E-state index in [2.05, 4.69) is 31.2 Å². The molecule has 1 aliphatic rings. The molecule has 1 unspecified atom stereocenters. The van der Waals surface area contributed by atoms with Gasteiger partial charge in [0.25, 0.3) is 0 Å². The molecule has 0 aromatic carbocycles. The molecule has 1 aliphatic carbocycles. The van der Waals surface area contributed by atoms with Crippen LogP contribution in [-0.4, -0.2) is 15.8 Å². The number of anilines is 2. The molecule has 0 spiro atoms. The van der Waals surface area contributed by atoms with Crippen LogP contribution < -0.4 is 11.1 Å². The first-order valence-corrected chi connectivity index (χ1v) is 6.11. The highest BCUT2D eigenvalue weighted by Crippen LogP contribution is 2.35. The number of nitrogens with two attached hydrogens (primary N) is 1. The highest BCUT2D eigenvalue weighted by atomic mass is 15.4. The van der Waals surface area contributed by atoms with Gasteiger partial charge in [-0.25, -0.2) is 4.68 Å². The molecular formula is C12H22N4. The van der Waals surface area contributed by atoms with Crippen LogP contribution in [0.3, 0.4) is 0 Å². The highest BCUT2D eigenvalue weighted by molar-refractivity contribution is 5.65. The molecule has 3 N–H and O–H groups in total. The molecule has 2 rings (SSSR count). The first-order valence-electron chi connectivity index (χ1n) is 6.11. The van der Waals surface area contributed by atoms with Crippen molar-refractivity contribution in [3.8, 4) is 0 Å². The van der Waals surface area contributed by atoms with Crippen molar-refractivity contribution in [2.45, 2.75) is 52.6 Å². The molecule has 1 aromatic rings. The van der Waals surface area contributed by atoms with E-state index in [9.17, 15) is 0 Å². The lowest BCUT2D eigenvalue weighted by molar-refractivity contribution is 0.528. The Balaban J connectivity index is 2.22. The fraction of sp³-hybridized carbons (Fsp3) is 0.750. The zero-order valence-corrected chi connectivity index (χ0v) is 10.6. The third-order valence-electron chi connectivity index (χ3n) is 3.31. The van der Waals surface area contributed by atoms with Gasteiger partial charge in [-0.3, -0.25) is 0 Å². The van der Waals surface area contributed by atoms with Crippen LogP contribution in [0.4, 0.5) is 11.5 Å². The number of hydrogen-bond acceptors (Lipinski definition) is 3. The van der Waals surface area contributed by atoms with Gasteiger partial charge in [-0.05, 0) is 46.5 Å². The summed E-state index contributed by atoms with van der Waals surface area (Å²) in [6.07, 6.45) is 2.67. The number of nitrogens with one attached hydrogen (secondary N) is 1. The standard InChI is InChI=1S/C12H22N4/c1-7(2)16-12(11(13)9(4)15-16)14-8(3)10-5-6-10/h7-8,10,14H,5-6,13H2,1-4H3. The van der Waals surface area contributed by atoms with E-state index in [1.54, 1.807) is 0 Å². The monoisotopic (exact) mass is 222 g/mol. The fourth-order valence-electron chi connectivity index (χ4n) is 2.01. The Morgan fingerprint density at radius 2 is 2.00 bits per heavy atom. The molecule has 4 nitrogen and oxygen atoms in total. The second-order valence-electron chi connectivity index (χ2n) is 5.16. The van der Waals surface area contributed by atoms with E-state index in [1.807, 2.05) is 11.6 Å². The summed E-state index contributed by atoms with van der Waals surface area (Å²) < 4.78 is 1.99. The van der Waals surface area contributed by atoms with Crippen LogP contribution in [0.25, 0.3) is 0 Å². The van der Waals surface area contributed by atoms with Crippen molar-refractivity contribution < 1.29 is 0 Å². The molecule has 90 valence electrons. The number of aromatic nitrogens is 2. The lowest BCUT2D eigenvalue weighted by Gasteiger charge is -2.18. The van der Waals surface area contributed by atoms with Crippen molar-refractivity contribution in [1.29, 1.82) is 0 Å². The first kappa shape index (κ1) is 11.3. The van der Waals surface area contributed by atoms with Crippen molar-refractivity contribution >= 4 is 11.5 Å². The molecule has 1 atom stereocenters. The van der Waals surface area contributed by atoms with Crippen molar-refractivity contribution in [2.24, 2.45) is 5.92 Å². The predicted molar refractivity (Wildman–Crippen MR) is 67.6 cm³/mol. The maximum atomic E-state index is 6.06. The minimum absolute atomic E-state index is 0.338. The van der Waals surface area contributed by atoms with Gasteiger partial charge in [-0.1, -0.05) is 0 Å².